The van der Waals surface area contributed by atoms with Gasteiger partial charge in [-0.25, -0.2) is 4.98 Å². The third-order valence-electron chi connectivity index (χ3n) is 19.3. The van der Waals surface area contributed by atoms with E-state index in [2.05, 4.69) is 258 Å². The molecule has 8 aromatic rings. The van der Waals surface area contributed by atoms with E-state index >= 15 is 0 Å². The van der Waals surface area contributed by atoms with E-state index in [0.29, 0.717) is 0 Å². The number of nitrogens with zero attached hydrogens (tertiary/aromatic N) is 4. The summed E-state index contributed by atoms with van der Waals surface area (Å²) in [4.78, 5) is 11.2. The van der Waals surface area contributed by atoms with Crippen molar-refractivity contribution < 1.29 is 0 Å². The molecule has 0 atom stereocenters. The Morgan fingerprint density at radius 2 is 0.910 bits per heavy atom. The van der Waals surface area contributed by atoms with Crippen molar-refractivity contribution >= 4 is 68.3 Å². The topological polar surface area (TPSA) is 24.3 Å². The lowest BCUT2D eigenvalue weighted by molar-refractivity contribution is -0.00514. The summed E-state index contributed by atoms with van der Waals surface area (Å²) in [6, 6.07) is 55.4. The number of rotatable bonds is 5. The van der Waals surface area contributed by atoms with E-state index in [0.717, 1.165) is 45.9 Å². The fourth-order valence-corrected chi connectivity index (χ4v) is 15.2. The van der Waals surface area contributed by atoms with Crippen molar-refractivity contribution in [1.82, 2.24) is 9.55 Å². The second-order valence-electron chi connectivity index (χ2n) is 30.2. The molecule has 398 valence electrons. The average Bonchev–Trinajstić information content (AvgIpc) is 3.59. The van der Waals surface area contributed by atoms with Gasteiger partial charge in [-0.1, -0.05) is 177 Å². The summed E-state index contributed by atoms with van der Waals surface area (Å²) in [5, 5.41) is 0. The number of benzene rings is 7. The maximum Gasteiger partial charge on any atom is 0.252 e. The first kappa shape index (κ1) is 51.1. The number of imidazole rings is 1. The van der Waals surface area contributed by atoms with Gasteiger partial charge in [-0.3, -0.25) is 4.57 Å². The molecule has 7 aromatic carbocycles. The molecule has 6 aliphatic rings. The Bertz CT molecular complexity index is 3600. The summed E-state index contributed by atoms with van der Waals surface area (Å²) in [6.45, 7) is 35.3. The number of aromatic nitrogens is 2. The van der Waals surface area contributed by atoms with E-state index in [1.54, 1.807) is 5.56 Å². The van der Waals surface area contributed by atoms with Crippen LogP contribution >= 0.6 is 0 Å². The maximum atomic E-state index is 5.78. The van der Waals surface area contributed by atoms with Gasteiger partial charge in [0.2, 0.25) is 0 Å². The van der Waals surface area contributed by atoms with Crippen LogP contribution in [0.5, 0.6) is 0 Å². The molecular formula is C73H83BN4. The summed E-state index contributed by atoms with van der Waals surface area (Å²) in [5.41, 5.74) is 24.3. The molecule has 5 heteroatoms. The Balaban J connectivity index is 1.17. The first-order chi connectivity index (χ1) is 36.7. The normalized spacial score (nSPS) is 20.8. The van der Waals surface area contributed by atoms with E-state index in [1.165, 1.54) is 117 Å². The zero-order valence-corrected chi connectivity index (χ0v) is 49.6. The molecule has 0 spiro atoms. The number of para-hydroxylation sites is 1. The molecule has 0 unspecified atom stereocenters. The van der Waals surface area contributed by atoms with E-state index in [-0.39, 0.29) is 39.2 Å². The summed E-state index contributed by atoms with van der Waals surface area (Å²) in [5.74, 6) is 3.41. The number of hydrogen-bond acceptors (Lipinski definition) is 3. The van der Waals surface area contributed by atoms with Crippen LogP contribution in [0.15, 0.2) is 140 Å². The van der Waals surface area contributed by atoms with Crippen LogP contribution in [-0.4, -0.2) is 16.3 Å². The van der Waals surface area contributed by atoms with Crippen molar-refractivity contribution in [3.8, 4) is 17.1 Å². The number of anilines is 6. The third-order valence-corrected chi connectivity index (χ3v) is 19.3. The average molecular weight is 1030 g/mol. The van der Waals surface area contributed by atoms with Crippen LogP contribution in [0.25, 0.3) is 28.1 Å². The van der Waals surface area contributed by atoms with Crippen LogP contribution < -0.4 is 26.2 Å². The minimum Gasteiger partial charge on any atom is -0.311 e. The van der Waals surface area contributed by atoms with Gasteiger partial charge in [0.15, 0.2) is 0 Å². The van der Waals surface area contributed by atoms with E-state index in [1.807, 2.05) is 0 Å². The first-order valence-corrected chi connectivity index (χ1v) is 29.6. The maximum absolute atomic E-state index is 5.78. The highest BCUT2D eigenvalue weighted by Crippen LogP contribution is 2.62. The predicted molar refractivity (Wildman–Crippen MR) is 334 cm³/mol. The molecule has 4 saturated carbocycles. The van der Waals surface area contributed by atoms with Crippen molar-refractivity contribution in [3.05, 3.63) is 173 Å². The third kappa shape index (κ3) is 8.41. The lowest BCUT2D eigenvalue weighted by Crippen LogP contribution is -2.62. The molecule has 0 N–H and O–H groups in total. The summed E-state index contributed by atoms with van der Waals surface area (Å²) < 4.78 is 2.44. The van der Waals surface area contributed by atoms with Crippen molar-refractivity contribution in [1.29, 1.82) is 0 Å². The smallest absolute Gasteiger partial charge is 0.252 e. The Morgan fingerprint density at radius 1 is 0.423 bits per heavy atom. The molecule has 14 rings (SSSR count). The zero-order chi connectivity index (χ0) is 54.8. The van der Waals surface area contributed by atoms with Crippen LogP contribution in [0.1, 0.15) is 176 Å². The monoisotopic (exact) mass is 1030 g/mol. The number of hydrogen-bond donors (Lipinski definition) is 0. The number of fused-ring (bicyclic) bond motifs is 5. The second-order valence-corrected chi connectivity index (χ2v) is 30.2. The van der Waals surface area contributed by atoms with Gasteiger partial charge in [0.25, 0.3) is 6.71 Å². The van der Waals surface area contributed by atoms with Crippen molar-refractivity contribution in [3.63, 3.8) is 0 Å². The highest BCUT2D eigenvalue weighted by molar-refractivity contribution is 7.00. The standard InChI is InChI=1S/C73H83BN4/c1-68(2,3)49-23-21-48(22-24-49)67-75-60-41-62-59(40-63(60)78(67)55-19-17-16-18-20-55)74-58-37-51(70(7,8)9)27-30-61(58)76(56-28-25-50(26-29-56)69(4,5)6)64-38-54(73-42-45-31-46(43-73)33-47(32-45)44-73)39-65(66(64)74)77(62)57-35-52(71(10,11)12)34-53(36-57)72(13,14)15/h16-30,34-41,45-47H,31-33,42-44H2,1-15H3. The molecule has 0 saturated heterocycles. The van der Waals surface area contributed by atoms with Crippen molar-refractivity contribution in [2.75, 3.05) is 9.80 Å². The zero-order valence-electron chi connectivity index (χ0n) is 49.6. The van der Waals surface area contributed by atoms with E-state index < -0.39 is 0 Å². The predicted octanol–water partition coefficient (Wildman–Crippen LogP) is 17.7. The fraction of sp³-hybridized carbons (Fsp3) is 0.411. The molecule has 2 aliphatic heterocycles. The molecule has 4 aliphatic carbocycles. The van der Waals surface area contributed by atoms with Crippen LogP contribution in [0.3, 0.4) is 0 Å². The van der Waals surface area contributed by atoms with Gasteiger partial charge in [0.1, 0.15) is 5.82 Å². The van der Waals surface area contributed by atoms with Crippen LogP contribution in [0.4, 0.5) is 34.1 Å². The molecule has 78 heavy (non-hydrogen) atoms. The van der Waals surface area contributed by atoms with Crippen LogP contribution in [0, 0.1) is 17.8 Å². The van der Waals surface area contributed by atoms with Crippen molar-refractivity contribution in [2.45, 2.75) is 175 Å². The van der Waals surface area contributed by atoms with Gasteiger partial charge in [0.05, 0.1) is 11.0 Å². The van der Waals surface area contributed by atoms with E-state index in [9.17, 15) is 0 Å². The largest absolute Gasteiger partial charge is 0.311 e. The van der Waals surface area contributed by atoms with Gasteiger partial charge in [-0.2, -0.15) is 0 Å². The second kappa shape index (κ2) is 17.3. The molecule has 0 amide bonds. The van der Waals surface area contributed by atoms with Gasteiger partial charge in [-0.15, -0.1) is 0 Å². The lowest BCUT2D eigenvalue weighted by atomic mass is 9.33. The lowest BCUT2D eigenvalue weighted by Gasteiger charge is -2.57. The molecule has 3 heterocycles. The van der Waals surface area contributed by atoms with Gasteiger partial charge in [0, 0.05) is 45.4 Å². The fourth-order valence-electron chi connectivity index (χ4n) is 15.2. The van der Waals surface area contributed by atoms with Gasteiger partial charge < -0.3 is 9.80 Å². The minimum absolute atomic E-state index is 0.0354. The first-order valence-electron chi connectivity index (χ1n) is 29.6. The Hall–Kier alpha value is -6.33. The van der Waals surface area contributed by atoms with Crippen LogP contribution in [0.2, 0.25) is 0 Å². The summed E-state index contributed by atoms with van der Waals surface area (Å²) >= 11 is 0. The van der Waals surface area contributed by atoms with E-state index in [4.69, 9.17) is 4.98 Å². The molecular weight excluding hydrogens is 944 g/mol. The molecule has 0 radical (unpaired) electrons. The Kier molecular flexibility index (Phi) is 11.4. The Labute approximate surface area is 467 Å². The van der Waals surface area contributed by atoms with Gasteiger partial charge >= 0.3 is 0 Å². The molecule has 4 bridgehead atoms. The van der Waals surface area contributed by atoms with Crippen LogP contribution in [-0.2, 0) is 32.5 Å². The molecule has 4 nitrogen and oxygen atoms in total. The highest BCUT2D eigenvalue weighted by Gasteiger charge is 2.53. The molecule has 1 aromatic heterocycles. The minimum atomic E-state index is -0.0776. The summed E-state index contributed by atoms with van der Waals surface area (Å²) in [6.07, 6.45) is 8.14. The van der Waals surface area contributed by atoms with Crippen molar-refractivity contribution in [2.24, 2.45) is 17.8 Å². The SMILES string of the molecule is CC(C)(C)c1ccc(-c2nc3cc4c(cc3n2-c2ccccc2)B2c3cc(C(C)(C)C)ccc3N(c3ccc(C(C)(C)C)cc3)c3cc(C56CC7CC(CC(C7)C5)C6)cc(c32)N4c2cc(C(C)(C)C)cc(C(C)(C)C)c2)cc1. The quantitative estimate of drug-likeness (QED) is 0.161. The van der Waals surface area contributed by atoms with Gasteiger partial charge in [-0.05, 0) is 205 Å². The molecule has 4 fully saturated rings. The summed E-state index contributed by atoms with van der Waals surface area (Å²) in [7, 11) is 0. The highest BCUT2D eigenvalue weighted by atomic mass is 15.2. The Morgan fingerprint density at radius 3 is 1.44 bits per heavy atom.